The Balaban J connectivity index is 2.47. The first-order valence-corrected chi connectivity index (χ1v) is 9.67. The third-order valence-electron chi connectivity index (χ3n) is 4.77. The van der Waals surface area contributed by atoms with Crippen LogP contribution in [0.4, 0.5) is 0 Å². The van der Waals surface area contributed by atoms with Crippen LogP contribution < -0.4 is 5.32 Å². The molecular weight excluding hydrogens is 264 g/mol. The van der Waals surface area contributed by atoms with Crippen molar-refractivity contribution in [2.45, 2.75) is 71.6 Å². The summed E-state index contributed by atoms with van der Waals surface area (Å²) in [5.41, 5.74) is 0.459. The second-order valence-electron chi connectivity index (χ2n) is 6.75. The number of thioether (sulfide) groups is 1. The molecule has 1 rings (SSSR count). The third-order valence-corrected chi connectivity index (χ3v) is 6.13. The van der Waals surface area contributed by atoms with Crippen LogP contribution in [0.2, 0.25) is 0 Å². The molecule has 0 aromatic heterocycles. The van der Waals surface area contributed by atoms with E-state index in [1.807, 2.05) is 0 Å². The molecule has 3 heteroatoms. The normalized spacial score (nSPS) is 26.1. The van der Waals surface area contributed by atoms with Gasteiger partial charge in [0.25, 0.3) is 0 Å². The van der Waals surface area contributed by atoms with Gasteiger partial charge in [-0.1, -0.05) is 41.0 Å². The van der Waals surface area contributed by atoms with E-state index in [4.69, 9.17) is 0 Å². The highest BCUT2D eigenvalue weighted by Gasteiger charge is 2.38. The van der Waals surface area contributed by atoms with Gasteiger partial charge in [-0.15, -0.1) is 0 Å². The monoisotopic (exact) mass is 300 g/mol. The summed E-state index contributed by atoms with van der Waals surface area (Å²) in [6, 6.07) is 0.693. The fourth-order valence-electron chi connectivity index (χ4n) is 3.34. The van der Waals surface area contributed by atoms with Crippen molar-refractivity contribution in [3.05, 3.63) is 0 Å². The molecule has 0 amide bonds. The molecule has 0 saturated heterocycles. The molecule has 0 bridgehead atoms. The second kappa shape index (κ2) is 9.32. The second-order valence-corrected chi connectivity index (χ2v) is 8.10. The Labute approximate surface area is 131 Å². The number of nitrogens with zero attached hydrogens (tertiary/aromatic N) is 1. The van der Waals surface area contributed by atoms with Crippen LogP contribution in [0.3, 0.4) is 0 Å². The summed E-state index contributed by atoms with van der Waals surface area (Å²) < 4.78 is 0. The molecule has 1 saturated carbocycles. The zero-order valence-electron chi connectivity index (χ0n) is 14.4. The quantitative estimate of drug-likeness (QED) is 0.692. The van der Waals surface area contributed by atoms with Crippen LogP contribution in [0.5, 0.6) is 0 Å². The average molecular weight is 301 g/mol. The van der Waals surface area contributed by atoms with E-state index < -0.39 is 0 Å². The van der Waals surface area contributed by atoms with Crippen LogP contribution in [0.1, 0.15) is 60.3 Å². The van der Waals surface area contributed by atoms with Crippen LogP contribution in [0, 0.1) is 5.41 Å². The smallest absolute Gasteiger partial charge is 0.0237 e. The van der Waals surface area contributed by atoms with Crippen molar-refractivity contribution in [1.29, 1.82) is 0 Å². The summed E-state index contributed by atoms with van der Waals surface area (Å²) in [7, 11) is 0. The minimum absolute atomic E-state index is 0.459. The fourth-order valence-corrected chi connectivity index (χ4v) is 5.00. The lowest BCUT2D eigenvalue weighted by Gasteiger charge is -2.44. The Morgan fingerprint density at radius 1 is 1.20 bits per heavy atom. The van der Waals surface area contributed by atoms with Crippen LogP contribution >= 0.6 is 11.8 Å². The Morgan fingerprint density at radius 2 is 1.90 bits per heavy atom. The molecule has 1 N–H and O–H groups in total. The highest BCUT2D eigenvalue weighted by Crippen LogP contribution is 2.40. The summed E-state index contributed by atoms with van der Waals surface area (Å²) in [5, 5.41) is 4.65. The number of hydrogen-bond donors (Lipinski definition) is 1. The topological polar surface area (TPSA) is 15.3 Å². The maximum absolute atomic E-state index is 3.84. The van der Waals surface area contributed by atoms with Crippen LogP contribution in [0.15, 0.2) is 0 Å². The molecule has 20 heavy (non-hydrogen) atoms. The van der Waals surface area contributed by atoms with Gasteiger partial charge >= 0.3 is 0 Å². The minimum Gasteiger partial charge on any atom is -0.312 e. The zero-order valence-corrected chi connectivity index (χ0v) is 15.2. The van der Waals surface area contributed by atoms with E-state index in [1.54, 1.807) is 0 Å². The van der Waals surface area contributed by atoms with Crippen molar-refractivity contribution < 1.29 is 0 Å². The summed E-state index contributed by atoms with van der Waals surface area (Å²) >= 11 is 2.21. The van der Waals surface area contributed by atoms with Gasteiger partial charge < -0.3 is 10.2 Å². The molecule has 0 radical (unpaired) electrons. The molecule has 0 aromatic carbocycles. The molecule has 2 nitrogen and oxygen atoms in total. The standard InChI is InChI=1S/C17H36N2S/c1-6-12-18-16-15(10-9-11-17(16,4)5)20-14-13-19(7-2)8-3/h15-16,18H,6-14H2,1-5H3. The van der Waals surface area contributed by atoms with Gasteiger partial charge in [0.05, 0.1) is 0 Å². The van der Waals surface area contributed by atoms with Crippen molar-refractivity contribution in [3.8, 4) is 0 Å². The van der Waals surface area contributed by atoms with E-state index >= 15 is 0 Å². The highest BCUT2D eigenvalue weighted by molar-refractivity contribution is 8.00. The molecular formula is C17H36N2S. The van der Waals surface area contributed by atoms with E-state index in [9.17, 15) is 0 Å². The summed E-state index contributed by atoms with van der Waals surface area (Å²) in [5.74, 6) is 1.28. The van der Waals surface area contributed by atoms with Gasteiger partial charge in [-0.3, -0.25) is 0 Å². The molecule has 1 aliphatic carbocycles. The van der Waals surface area contributed by atoms with E-state index in [2.05, 4.69) is 56.6 Å². The third kappa shape index (κ3) is 5.57. The molecule has 0 aliphatic heterocycles. The lowest BCUT2D eigenvalue weighted by Crippen LogP contribution is -2.51. The molecule has 2 atom stereocenters. The van der Waals surface area contributed by atoms with E-state index in [0.29, 0.717) is 11.5 Å². The number of nitrogens with one attached hydrogen (secondary N) is 1. The molecule has 0 spiro atoms. The van der Waals surface area contributed by atoms with Crippen LogP contribution in [-0.4, -0.2) is 48.1 Å². The molecule has 1 fully saturated rings. The number of hydrogen-bond acceptors (Lipinski definition) is 3. The Hall–Kier alpha value is 0.270. The van der Waals surface area contributed by atoms with Gasteiger partial charge in [0.2, 0.25) is 0 Å². The predicted octanol–water partition coefficient (Wildman–Crippen LogP) is 4.01. The lowest BCUT2D eigenvalue weighted by molar-refractivity contribution is 0.175. The molecule has 2 unspecified atom stereocenters. The Morgan fingerprint density at radius 3 is 2.50 bits per heavy atom. The fraction of sp³-hybridized carbons (Fsp3) is 1.00. The number of rotatable bonds is 9. The van der Waals surface area contributed by atoms with Gasteiger partial charge in [-0.05, 0) is 44.3 Å². The lowest BCUT2D eigenvalue weighted by atomic mass is 9.73. The first-order chi connectivity index (χ1) is 9.55. The van der Waals surface area contributed by atoms with Crippen molar-refractivity contribution >= 4 is 11.8 Å². The van der Waals surface area contributed by atoms with Crippen molar-refractivity contribution in [3.63, 3.8) is 0 Å². The maximum Gasteiger partial charge on any atom is 0.0237 e. The van der Waals surface area contributed by atoms with Crippen molar-refractivity contribution in [2.24, 2.45) is 5.41 Å². The molecule has 1 aliphatic rings. The van der Waals surface area contributed by atoms with E-state index in [0.717, 1.165) is 5.25 Å². The largest absolute Gasteiger partial charge is 0.312 e. The van der Waals surface area contributed by atoms with Gasteiger partial charge in [-0.25, -0.2) is 0 Å². The first kappa shape index (κ1) is 18.3. The van der Waals surface area contributed by atoms with Crippen molar-refractivity contribution in [2.75, 3.05) is 31.9 Å². The highest BCUT2D eigenvalue weighted by atomic mass is 32.2. The molecule has 0 aromatic rings. The summed E-state index contributed by atoms with van der Waals surface area (Å²) in [6.45, 7) is 16.5. The first-order valence-electron chi connectivity index (χ1n) is 8.62. The summed E-state index contributed by atoms with van der Waals surface area (Å²) in [4.78, 5) is 2.54. The minimum atomic E-state index is 0.459. The van der Waals surface area contributed by atoms with Gasteiger partial charge in [0.1, 0.15) is 0 Å². The zero-order chi connectivity index (χ0) is 15.0. The molecule has 120 valence electrons. The van der Waals surface area contributed by atoms with E-state index in [-0.39, 0.29) is 0 Å². The summed E-state index contributed by atoms with van der Waals surface area (Å²) in [6.07, 6.45) is 5.42. The SMILES string of the molecule is CCCNC1C(SCCN(CC)CC)CCCC1(C)C. The Bertz CT molecular complexity index is 251. The van der Waals surface area contributed by atoms with Crippen LogP contribution in [0.25, 0.3) is 0 Å². The Kier molecular flexibility index (Phi) is 8.54. The van der Waals surface area contributed by atoms with E-state index in [1.165, 1.54) is 57.6 Å². The average Bonchev–Trinajstić information content (AvgIpc) is 2.42. The molecule has 0 heterocycles. The van der Waals surface area contributed by atoms with Crippen LogP contribution in [-0.2, 0) is 0 Å². The van der Waals surface area contributed by atoms with Gasteiger partial charge in [-0.2, -0.15) is 11.8 Å². The predicted molar refractivity (Wildman–Crippen MR) is 93.7 cm³/mol. The van der Waals surface area contributed by atoms with Gasteiger partial charge in [0.15, 0.2) is 0 Å². The van der Waals surface area contributed by atoms with Crippen molar-refractivity contribution in [1.82, 2.24) is 10.2 Å². The van der Waals surface area contributed by atoms with Gasteiger partial charge in [0, 0.05) is 23.6 Å². The maximum atomic E-state index is 3.84.